The number of hydrogen-bond donors (Lipinski definition) is 0. The third-order valence-corrected chi connectivity index (χ3v) is 10.2. The van der Waals surface area contributed by atoms with Crippen LogP contribution in [0.3, 0.4) is 0 Å². The first-order chi connectivity index (χ1) is 25.8. The van der Waals surface area contributed by atoms with Gasteiger partial charge in [-0.25, -0.2) is 0 Å². The molecule has 0 bridgehead atoms. The Morgan fingerprint density at radius 3 is 1.77 bits per heavy atom. The van der Waals surface area contributed by atoms with E-state index in [1.54, 1.807) is 0 Å². The highest BCUT2D eigenvalue weighted by atomic mass is 16.3. The van der Waals surface area contributed by atoms with Gasteiger partial charge >= 0.3 is 0 Å². The summed E-state index contributed by atoms with van der Waals surface area (Å²) >= 11 is 0. The molecule has 9 aromatic carbocycles. The molecule has 0 radical (unpaired) electrons. The molecule has 0 unspecified atom stereocenters. The van der Waals surface area contributed by atoms with E-state index in [2.05, 4.69) is 205 Å². The van der Waals surface area contributed by atoms with Crippen molar-refractivity contribution in [1.29, 1.82) is 0 Å². The van der Waals surface area contributed by atoms with E-state index < -0.39 is 0 Å². The van der Waals surface area contributed by atoms with Crippen LogP contribution in [-0.2, 0) is 0 Å². The number of fused-ring (bicyclic) bond motifs is 6. The van der Waals surface area contributed by atoms with Gasteiger partial charge in [0.2, 0.25) is 0 Å². The number of nitrogens with zero attached hydrogens (tertiary/aromatic N) is 1. The maximum absolute atomic E-state index is 6.64. The molecule has 52 heavy (non-hydrogen) atoms. The molecule has 10 aromatic rings. The van der Waals surface area contributed by atoms with E-state index in [0.717, 1.165) is 44.4 Å². The molecule has 0 saturated carbocycles. The van der Waals surface area contributed by atoms with Gasteiger partial charge in [-0.2, -0.15) is 0 Å². The molecule has 0 fully saturated rings. The Morgan fingerprint density at radius 1 is 0.327 bits per heavy atom. The largest absolute Gasteiger partial charge is 0.455 e. The lowest BCUT2D eigenvalue weighted by Gasteiger charge is -2.27. The second kappa shape index (κ2) is 12.5. The van der Waals surface area contributed by atoms with Crippen molar-refractivity contribution in [3.8, 4) is 33.4 Å². The maximum atomic E-state index is 6.64. The van der Waals surface area contributed by atoms with Crippen LogP contribution in [0.1, 0.15) is 0 Å². The van der Waals surface area contributed by atoms with E-state index in [-0.39, 0.29) is 0 Å². The van der Waals surface area contributed by atoms with Gasteiger partial charge in [0, 0.05) is 22.1 Å². The molecule has 0 saturated heterocycles. The number of anilines is 3. The first-order valence-electron chi connectivity index (χ1n) is 17.8. The quantitative estimate of drug-likeness (QED) is 0.176. The lowest BCUT2D eigenvalue weighted by atomic mass is 9.97. The predicted octanol–water partition coefficient (Wildman–Crippen LogP) is 14.4. The molecular weight excluding hydrogens is 631 g/mol. The molecule has 1 aromatic heterocycles. The monoisotopic (exact) mass is 663 g/mol. The van der Waals surface area contributed by atoms with E-state index in [1.165, 1.54) is 49.5 Å². The minimum Gasteiger partial charge on any atom is -0.455 e. The second-order valence-corrected chi connectivity index (χ2v) is 13.4. The Balaban J connectivity index is 1.11. The first kappa shape index (κ1) is 30.0. The highest BCUT2D eigenvalue weighted by Gasteiger charge is 2.21. The topological polar surface area (TPSA) is 16.4 Å². The molecular formula is C50H33NO. The Morgan fingerprint density at radius 2 is 0.923 bits per heavy atom. The summed E-state index contributed by atoms with van der Waals surface area (Å²) in [6.45, 7) is 0. The lowest BCUT2D eigenvalue weighted by Crippen LogP contribution is -2.10. The molecule has 0 N–H and O–H groups in total. The molecule has 2 heteroatoms. The molecule has 2 nitrogen and oxygen atoms in total. The summed E-state index contributed by atoms with van der Waals surface area (Å²) in [7, 11) is 0. The highest BCUT2D eigenvalue weighted by Crippen LogP contribution is 2.45. The van der Waals surface area contributed by atoms with Crippen LogP contribution < -0.4 is 4.90 Å². The average molecular weight is 664 g/mol. The van der Waals surface area contributed by atoms with Gasteiger partial charge in [0.1, 0.15) is 11.2 Å². The second-order valence-electron chi connectivity index (χ2n) is 13.4. The first-order valence-corrected chi connectivity index (χ1v) is 17.8. The Kier molecular flexibility index (Phi) is 7.18. The number of benzene rings is 9. The Hall–Kier alpha value is -6.90. The molecule has 244 valence electrons. The summed E-state index contributed by atoms with van der Waals surface area (Å²) in [6, 6.07) is 71.7. The van der Waals surface area contributed by atoms with Crippen LogP contribution in [0, 0.1) is 0 Å². The zero-order chi connectivity index (χ0) is 34.4. The van der Waals surface area contributed by atoms with Gasteiger partial charge in [0.15, 0.2) is 0 Å². The number of hydrogen-bond acceptors (Lipinski definition) is 2. The van der Waals surface area contributed by atoms with E-state index in [0.29, 0.717) is 0 Å². The van der Waals surface area contributed by atoms with Crippen molar-refractivity contribution in [2.24, 2.45) is 0 Å². The van der Waals surface area contributed by atoms with Gasteiger partial charge in [-0.1, -0.05) is 146 Å². The van der Waals surface area contributed by atoms with Gasteiger partial charge in [0.25, 0.3) is 0 Å². The SMILES string of the molecule is c1ccc(-c2cccc(N(c3ccc(-c4cccc(-c5ccc6ccccc6c5)c4)cc3)c3cccc4oc5c6ccccc6ccc5c34)c2)cc1. The molecule has 10 rings (SSSR count). The predicted molar refractivity (Wildman–Crippen MR) is 220 cm³/mol. The molecule has 0 aliphatic rings. The van der Waals surface area contributed by atoms with Crippen molar-refractivity contribution in [3.05, 3.63) is 200 Å². The van der Waals surface area contributed by atoms with Crippen LogP contribution in [-0.4, -0.2) is 0 Å². The van der Waals surface area contributed by atoms with Gasteiger partial charge < -0.3 is 9.32 Å². The summed E-state index contributed by atoms with van der Waals surface area (Å²) in [5.41, 5.74) is 12.1. The number of furan rings is 1. The van der Waals surface area contributed by atoms with E-state index in [4.69, 9.17) is 4.42 Å². The fraction of sp³-hybridized carbons (Fsp3) is 0. The van der Waals surface area contributed by atoms with Crippen molar-refractivity contribution in [2.45, 2.75) is 0 Å². The van der Waals surface area contributed by atoms with Crippen LogP contribution in [0.15, 0.2) is 205 Å². The van der Waals surface area contributed by atoms with Crippen LogP contribution in [0.2, 0.25) is 0 Å². The smallest absolute Gasteiger partial charge is 0.143 e. The Bertz CT molecular complexity index is 2900. The molecule has 0 spiro atoms. The normalized spacial score (nSPS) is 11.5. The van der Waals surface area contributed by atoms with Crippen molar-refractivity contribution in [3.63, 3.8) is 0 Å². The van der Waals surface area contributed by atoms with E-state index in [9.17, 15) is 0 Å². The average Bonchev–Trinajstić information content (AvgIpc) is 3.62. The minimum absolute atomic E-state index is 0.871. The molecule has 0 aliphatic carbocycles. The van der Waals surface area contributed by atoms with Gasteiger partial charge in [0.05, 0.1) is 11.1 Å². The van der Waals surface area contributed by atoms with Crippen LogP contribution in [0.5, 0.6) is 0 Å². The van der Waals surface area contributed by atoms with Crippen LogP contribution in [0.25, 0.3) is 76.9 Å². The summed E-state index contributed by atoms with van der Waals surface area (Å²) in [4.78, 5) is 2.37. The molecule has 0 aliphatic heterocycles. The zero-order valence-electron chi connectivity index (χ0n) is 28.4. The summed E-state index contributed by atoms with van der Waals surface area (Å²) < 4.78 is 6.64. The fourth-order valence-electron chi connectivity index (χ4n) is 7.65. The zero-order valence-corrected chi connectivity index (χ0v) is 28.4. The van der Waals surface area contributed by atoms with Gasteiger partial charge in [-0.15, -0.1) is 0 Å². The van der Waals surface area contributed by atoms with Crippen molar-refractivity contribution in [1.82, 2.24) is 0 Å². The minimum atomic E-state index is 0.871. The summed E-state index contributed by atoms with van der Waals surface area (Å²) in [5, 5.41) is 7.00. The Labute approximate surface area is 302 Å². The van der Waals surface area contributed by atoms with Crippen molar-refractivity contribution in [2.75, 3.05) is 4.90 Å². The summed E-state index contributed by atoms with van der Waals surface area (Å²) in [6.07, 6.45) is 0. The van der Waals surface area contributed by atoms with E-state index in [1.807, 2.05) is 0 Å². The van der Waals surface area contributed by atoms with E-state index >= 15 is 0 Å². The van der Waals surface area contributed by atoms with Gasteiger partial charge in [-0.05, 0) is 104 Å². The van der Waals surface area contributed by atoms with Crippen LogP contribution in [0.4, 0.5) is 17.1 Å². The van der Waals surface area contributed by atoms with Crippen molar-refractivity contribution >= 4 is 60.5 Å². The molecule has 1 heterocycles. The number of rotatable bonds is 6. The highest BCUT2D eigenvalue weighted by molar-refractivity contribution is 6.19. The molecule has 0 amide bonds. The lowest BCUT2D eigenvalue weighted by molar-refractivity contribution is 0.672. The third kappa shape index (κ3) is 5.21. The summed E-state index contributed by atoms with van der Waals surface area (Å²) in [5.74, 6) is 0. The fourth-order valence-corrected chi connectivity index (χ4v) is 7.65. The van der Waals surface area contributed by atoms with Gasteiger partial charge in [-0.3, -0.25) is 0 Å². The standard InChI is InChI=1S/C50H33NO/c1-2-11-34(12-3-1)41-18-9-19-44(33-41)51(47-21-10-22-48-49(47)46-30-27-37-14-6-7-20-45(37)50(46)52-48)43-28-25-36(26-29-43)39-16-8-17-40(31-39)42-24-23-35-13-4-5-15-38(35)32-42/h1-33H. The van der Waals surface area contributed by atoms with Crippen LogP contribution >= 0.6 is 0 Å². The molecule has 0 atom stereocenters. The maximum Gasteiger partial charge on any atom is 0.143 e. The van der Waals surface area contributed by atoms with Crippen molar-refractivity contribution < 1.29 is 4.42 Å². The third-order valence-electron chi connectivity index (χ3n) is 10.2.